The summed E-state index contributed by atoms with van der Waals surface area (Å²) < 4.78 is 5.33. The predicted octanol–water partition coefficient (Wildman–Crippen LogP) is 2.38. The van der Waals surface area contributed by atoms with E-state index >= 15 is 0 Å². The summed E-state index contributed by atoms with van der Waals surface area (Å²) in [4.78, 5) is 17.0. The highest BCUT2D eigenvalue weighted by molar-refractivity contribution is 5.54. The van der Waals surface area contributed by atoms with Gasteiger partial charge >= 0.3 is 5.70 Å². The van der Waals surface area contributed by atoms with Crippen LogP contribution in [0.2, 0.25) is 0 Å². The lowest BCUT2D eigenvalue weighted by Gasteiger charge is -2.21. The Balaban J connectivity index is 2.29. The fraction of sp³-hybridized carbons (Fsp3) is 0.385. The molecule has 2 rings (SSSR count). The predicted molar refractivity (Wildman–Crippen MR) is 65.2 cm³/mol. The first-order valence-electron chi connectivity index (χ1n) is 5.86. The van der Waals surface area contributed by atoms with Crippen LogP contribution in [0, 0.1) is 10.3 Å². The topological polar surface area (TPSA) is 62.4 Å². The maximum Gasteiger partial charge on any atom is 0.361 e. The van der Waals surface area contributed by atoms with Crippen molar-refractivity contribution in [3.63, 3.8) is 0 Å². The van der Waals surface area contributed by atoms with Crippen molar-refractivity contribution in [1.29, 1.82) is 5.41 Å². The maximum absolute atomic E-state index is 11.7. The van der Waals surface area contributed by atoms with Gasteiger partial charge in [0.05, 0.1) is 16.7 Å². The zero-order chi connectivity index (χ0) is 13.0. The maximum atomic E-state index is 11.7. The molecule has 0 amide bonds. The zero-order valence-corrected chi connectivity index (χ0v) is 10.1. The average molecular weight is 247 g/mol. The SMILES string of the molecule is CCO[C@H]1C[C@@H](c2ccccc2)C(=C=N)[N+](=O)O1. The van der Waals surface area contributed by atoms with E-state index < -0.39 is 6.29 Å². The van der Waals surface area contributed by atoms with Crippen LogP contribution in [0.5, 0.6) is 0 Å². The van der Waals surface area contributed by atoms with Crippen LogP contribution in [0.4, 0.5) is 0 Å². The molecule has 5 nitrogen and oxygen atoms in total. The molecule has 1 saturated heterocycles. The molecule has 94 valence electrons. The first-order chi connectivity index (χ1) is 8.76. The Morgan fingerprint density at radius 2 is 2.22 bits per heavy atom. The van der Waals surface area contributed by atoms with E-state index in [1.165, 1.54) is 0 Å². The van der Waals surface area contributed by atoms with Gasteiger partial charge in [0.15, 0.2) is 0 Å². The van der Waals surface area contributed by atoms with Gasteiger partial charge < -0.3 is 4.74 Å². The molecule has 1 fully saturated rings. The molecule has 0 saturated carbocycles. The summed E-state index contributed by atoms with van der Waals surface area (Å²) in [6, 6.07) is 9.55. The van der Waals surface area contributed by atoms with Crippen LogP contribution in [0.3, 0.4) is 0 Å². The number of hydrogen-bond acceptors (Lipinski definition) is 4. The smallest absolute Gasteiger partial charge is 0.338 e. The van der Waals surface area contributed by atoms with Crippen LogP contribution in [0.1, 0.15) is 24.8 Å². The second-order valence-electron chi connectivity index (χ2n) is 3.96. The standard InChI is InChI=1S/C13H15N2O3/c1-2-17-13-8-11(10-6-4-3-5-7-10)12(9-14)15(16)18-13/h3-7,11,13-14H,2,8H2,1H3/q+1/t11-,13+/m0/s1. The molecule has 5 heteroatoms. The van der Waals surface area contributed by atoms with Gasteiger partial charge in [-0.2, -0.15) is 4.84 Å². The van der Waals surface area contributed by atoms with E-state index in [0.717, 1.165) is 5.56 Å². The minimum absolute atomic E-state index is 0.178. The first-order valence-corrected chi connectivity index (χ1v) is 5.86. The lowest BCUT2D eigenvalue weighted by molar-refractivity contribution is -0.801. The van der Waals surface area contributed by atoms with Crippen LogP contribution >= 0.6 is 0 Å². The Morgan fingerprint density at radius 1 is 1.50 bits per heavy atom. The van der Waals surface area contributed by atoms with Crippen molar-refractivity contribution in [1.82, 2.24) is 0 Å². The first kappa shape index (κ1) is 12.5. The molecule has 18 heavy (non-hydrogen) atoms. The average Bonchev–Trinajstić information content (AvgIpc) is 2.39. The summed E-state index contributed by atoms with van der Waals surface area (Å²) in [6.45, 7) is 2.32. The van der Waals surface area contributed by atoms with E-state index in [1.807, 2.05) is 37.3 Å². The minimum atomic E-state index is -0.574. The van der Waals surface area contributed by atoms with Gasteiger partial charge in [-0.3, -0.25) is 5.41 Å². The Kier molecular flexibility index (Phi) is 3.87. The highest BCUT2D eigenvalue weighted by atomic mass is 16.8. The van der Waals surface area contributed by atoms with Gasteiger partial charge in [0.2, 0.25) is 0 Å². The van der Waals surface area contributed by atoms with Crippen molar-refractivity contribution in [3.8, 4) is 0 Å². The lowest BCUT2D eigenvalue weighted by Crippen LogP contribution is -2.33. The third kappa shape index (κ3) is 2.47. The van der Waals surface area contributed by atoms with E-state index in [4.69, 9.17) is 15.0 Å². The summed E-state index contributed by atoms with van der Waals surface area (Å²) in [6.07, 6.45) is -0.0625. The molecule has 1 aromatic carbocycles. The highest BCUT2D eigenvalue weighted by Gasteiger charge is 2.43. The number of benzene rings is 1. The van der Waals surface area contributed by atoms with E-state index in [1.54, 1.807) is 0 Å². The quantitative estimate of drug-likeness (QED) is 0.834. The van der Waals surface area contributed by atoms with Gasteiger partial charge in [0, 0.05) is 13.0 Å². The summed E-state index contributed by atoms with van der Waals surface area (Å²) >= 11 is 0. The summed E-state index contributed by atoms with van der Waals surface area (Å²) in [5.74, 6) is 1.95. The van der Waals surface area contributed by atoms with E-state index in [9.17, 15) is 4.91 Å². The van der Waals surface area contributed by atoms with Gasteiger partial charge in [0.25, 0.3) is 11.2 Å². The van der Waals surface area contributed by atoms with Gasteiger partial charge in [-0.05, 0) is 12.5 Å². The minimum Gasteiger partial charge on any atom is -0.338 e. The molecule has 1 N–H and O–H groups in total. The molecule has 0 aliphatic carbocycles. The van der Waals surface area contributed by atoms with Crippen molar-refractivity contribution >= 4 is 5.87 Å². The number of hydrogen-bond donors (Lipinski definition) is 1. The summed E-state index contributed by atoms with van der Waals surface area (Å²) in [5, 5.41) is 7.23. The van der Waals surface area contributed by atoms with Crippen molar-refractivity contribution in [2.75, 3.05) is 6.61 Å². The molecule has 0 radical (unpaired) electrons. The van der Waals surface area contributed by atoms with Crippen molar-refractivity contribution in [2.24, 2.45) is 0 Å². The fourth-order valence-corrected chi connectivity index (χ4v) is 2.03. The Bertz CT molecular complexity index is 480. The van der Waals surface area contributed by atoms with Gasteiger partial charge in [-0.25, -0.2) is 0 Å². The van der Waals surface area contributed by atoms with Crippen LogP contribution < -0.4 is 0 Å². The molecule has 1 aromatic rings. The molecule has 0 bridgehead atoms. The van der Waals surface area contributed by atoms with Crippen LogP contribution in [0.25, 0.3) is 0 Å². The molecular weight excluding hydrogens is 232 g/mol. The molecule has 0 spiro atoms. The summed E-state index contributed by atoms with van der Waals surface area (Å²) in [5.41, 5.74) is 1.14. The van der Waals surface area contributed by atoms with E-state index in [2.05, 4.69) is 5.87 Å². The van der Waals surface area contributed by atoms with Crippen molar-refractivity contribution in [3.05, 3.63) is 46.5 Å². The van der Waals surface area contributed by atoms with E-state index in [0.29, 0.717) is 18.0 Å². The normalized spacial score (nSPS) is 23.4. The molecule has 0 aromatic heterocycles. The van der Waals surface area contributed by atoms with Crippen LogP contribution in [-0.2, 0) is 9.57 Å². The molecule has 1 heterocycles. The second kappa shape index (κ2) is 5.58. The molecule has 2 atom stereocenters. The molecule has 1 aliphatic rings. The molecular formula is C13H15N2O3+. The third-order valence-corrected chi connectivity index (χ3v) is 2.85. The highest BCUT2D eigenvalue weighted by Crippen LogP contribution is 2.33. The van der Waals surface area contributed by atoms with Gasteiger partial charge in [-0.15, -0.1) is 0 Å². The van der Waals surface area contributed by atoms with Crippen molar-refractivity contribution < 1.29 is 14.5 Å². The number of nitrogens with zero attached hydrogens (tertiary/aromatic N) is 1. The zero-order valence-electron chi connectivity index (χ0n) is 10.1. The Hall–Kier alpha value is -1.97. The summed E-state index contributed by atoms with van der Waals surface area (Å²) in [7, 11) is 0. The third-order valence-electron chi connectivity index (χ3n) is 2.85. The van der Waals surface area contributed by atoms with Crippen molar-refractivity contribution in [2.45, 2.75) is 25.6 Å². The fourth-order valence-electron chi connectivity index (χ4n) is 2.03. The van der Waals surface area contributed by atoms with Gasteiger partial charge in [0.1, 0.15) is 0 Å². The largest absolute Gasteiger partial charge is 0.361 e. The van der Waals surface area contributed by atoms with Crippen LogP contribution in [-0.4, -0.2) is 23.7 Å². The van der Waals surface area contributed by atoms with Gasteiger partial charge in [-0.1, -0.05) is 30.3 Å². The number of rotatable bonds is 3. The second-order valence-corrected chi connectivity index (χ2v) is 3.96. The Labute approximate surface area is 105 Å². The monoisotopic (exact) mass is 247 g/mol. The number of nitrogens with one attached hydrogen (secondary N) is 1. The molecule has 1 aliphatic heterocycles. The van der Waals surface area contributed by atoms with Crippen LogP contribution in [0.15, 0.2) is 36.0 Å². The molecule has 0 unspecified atom stereocenters. The Morgan fingerprint density at radius 3 is 2.83 bits per heavy atom. The number of ether oxygens (including phenoxy) is 1. The number of allylic oxidation sites excluding steroid dienone is 1. The van der Waals surface area contributed by atoms with E-state index in [-0.39, 0.29) is 11.6 Å². The lowest BCUT2D eigenvalue weighted by atomic mass is 9.92.